The zero-order valence-electron chi connectivity index (χ0n) is 16.0. The summed E-state index contributed by atoms with van der Waals surface area (Å²) in [7, 11) is -3.60. The number of ether oxygens (including phenoxy) is 1. The molecule has 0 saturated carbocycles. The first kappa shape index (κ1) is 22.1. The van der Waals surface area contributed by atoms with Crippen molar-refractivity contribution in [1.29, 1.82) is 0 Å². The Morgan fingerprint density at radius 3 is 2.20 bits per heavy atom. The third-order valence-corrected chi connectivity index (χ3v) is 6.62. The van der Waals surface area contributed by atoms with E-state index in [4.69, 9.17) is 4.74 Å². The van der Waals surface area contributed by atoms with Crippen LogP contribution < -0.4 is 10.1 Å². The Labute approximate surface area is 172 Å². The van der Waals surface area contributed by atoms with Gasteiger partial charge in [0.1, 0.15) is 5.75 Å². The molecule has 1 amide bonds. The lowest BCUT2D eigenvalue weighted by Crippen LogP contribution is -2.31. The van der Waals surface area contributed by atoms with E-state index in [0.29, 0.717) is 19.2 Å². The van der Waals surface area contributed by atoms with Gasteiger partial charge in [-0.05, 0) is 49.2 Å². The molecule has 1 aliphatic heterocycles. The second kappa shape index (κ2) is 9.48. The van der Waals surface area contributed by atoms with Gasteiger partial charge in [0.15, 0.2) is 24.1 Å². The number of rotatable bonds is 6. The Bertz CT molecular complexity index is 1010. The lowest BCUT2D eigenvalue weighted by atomic mass is 10.2. The molecule has 3 rings (SSSR count). The number of hydrogen-bond acceptors (Lipinski definition) is 4. The Hall–Kier alpha value is -2.59. The molecule has 2 aromatic carbocycles. The highest BCUT2D eigenvalue weighted by molar-refractivity contribution is 7.89. The van der Waals surface area contributed by atoms with E-state index in [-0.39, 0.29) is 10.6 Å². The van der Waals surface area contributed by atoms with Crippen LogP contribution in [-0.2, 0) is 14.8 Å². The van der Waals surface area contributed by atoms with Crippen LogP contribution in [0.2, 0.25) is 0 Å². The summed E-state index contributed by atoms with van der Waals surface area (Å²) in [6.07, 6.45) is 3.67. The molecule has 0 aliphatic carbocycles. The molecule has 1 N–H and O–H groups in total. The average molecular weight is 442 g/mol. The second-order valence-electron chi connectivity index (χ2n) is 6.85. The molecule has 0 aromatic heterocycles. The van der Waals surface area contributed by atoms with E-state index in [0.717, 1.165) is 31.7 Å². The number of nitrogens with zero attached hydrogens (tertiary/aromatic N) is 1. The van der Waals surface area contributed by atoms with Gasteiger partial charge in [0, 0.05) is 13.1 Å². The topological polar surface area (TPSA) is 75.7 Å². The van der Waals surface area contributed by atoms with Crippen LogP contribution in [0.25, 0.3) is 0 Å². The Morgan fingerprint density at radius 2 is 1.57 bits per heavy atom. The summed E-state index contributed by atoms with van der Waals surface area (Å²) in [5.41, 5.74) is -0.513. The molecule has 30 heavy (non-hydrogen) atoms. The van der Waals surface area contributed by atoms with Crippen molar-refractivity contribution in [1.82, 2.24) is 4.31 Å². The highest BCUT2D eigenvalue weighted by Crippen LogP contribution is 2.23. The van der Waals surface area contributed by atoms with E-state index >= 15 is 0 Å². The van der Waals surface area contributed by atoms with Gasteiger partial charge in [-0.1, -0.05) is 12.8 Å². The van der Waals surface area contributed by atoms with Crippen LogP contribution in [0.3, 0.4) is 0 Å². The molecule has 1 fully saturated rings. The molecule has 0 atom stereocenters. The second-order valence-corrected chi connectivity index (χ2v) is 8.79. The zero-order valence-corrected chi connectivity index (χ0v) is 16.9. The number of carbonyl (C=O) groups excluding carboxylic acids is 1. The van der Waals surface area contributed by atoms with Crippen molar-refractivity contribution in [3.05, 3.63) is 53.8 Å². The molecule has 2 aromatic rings. The molecular formula is C20H21F3N2O4S. The van der Waals surface area contributed by atoms with Crippen LogP contribution in [-0.4, -0.2) is 38.3 Å². The first-order valence-electron chi connectivity index (χ1n) is 9.45. The van der Waals surface area contributed by atoms with Crippen LogP contribution in [0.1, 0.15) is 25.7 Å². The summed E-state index contributed by atoms with van der Waals surface area (Å²) >= 11 is 0. The van der Waals surface area contributed by atoms with Gasteiger partial charge in [-0.15, -0.1) is 0 Å². The van der Waals surface area contributed by atoms with Gasteiger partial charge in [-0.25, -0.2) is 21.6 Å². The number of carbonyl (C=O) groups is 1. The van der Waals surface area contributed by atoms with Gasteiger partial charge in [0.2, 0.25) is 10.0 Å². The van der Waals surface area contributed by atoms with E-state index < -0.39 is 45.7 Å². The third-order valence-electron chi connectivity index (χ3n) is 4.71. The number of nitrogens with one attached hydrogen (secondary N) is 1. The Kier molecular flexibility index (Phi) is 6.99. The van der Waals surface area contributed by atoms with E-state index in [2.05, 4.69) is 5.32 Å². The lowest BCUT2D eigenvalue weighted by molar-refractivity contribution is -0.118. The van der Waals surface area contributed by atoms with Crippen molar-refractivity contribution >= 4 is 21.6 Å². The maximum atomic E-state index is 13.6. The van der Waals surface area contributed by atoms with E-state index in [1.54, 1.807) is 0 Å². The normalized spacial score (nSPS) is 15.4. The fourth-order valence-electron chi connectivity index (χ4n) is 3.10. The Morgan fingerprint density at radius 1 is 0.933 bits per heavy atom. The highest BCUT2D eigenvalue weighted by atomic mass is 32.2. The fraction of sp³-hybridized carbons (Fsp3) is 0.350. The minimum Gasteiger partial charge on any atom is -0.484 e. The standard InChI is InChI=1S/C20H21F3N2O4S/c21-16-9-10-17(20(23)19(16)22)24-18(26)13-29-14-5-7-15(8-6-14)30(27,28)25-11-3-1-2-4-12-25/h5-10H,1-4,11-13H2,(H,24,26). The maximum Gasteiger partial charge on any atom is 0.262 e. The minimum absolute atomic E-state index is 0.130. The maximum absolute atomic E-state index is 13.6. The summed E-state index contributed by atoms with van der Waals surface area (Å²) in [5.74, 6) is -5.12. The number of halogens is 3. The van der Waals surface area contributed by atoms with Crippen molar-refractivity contribution in [2.45, 2.75) is 30.6 Å². The quantitative estimate of drug-likeness (QED) is 0.693. The molecule has 0 bridgehead atoms. The molecule has 0 unspecified atom stereocenters. The van der Waals surface area contributed by atoms with Crippen molar-refractivity contribution in [3.8, 4) is 5.75 Å². The van der Waals surface area contributed by atoms with Crippen LogP contribution in [0.4, 0.5) is 18.9 Å². The molecule has 1 heterocycles. The Balaban J connectivity index is 1.59. The summed E-state index contributed by atoms with van der Waals surface area (Å²) in [6, 6.07) is 7.20. The third kappa shape index (κ3) is 5.11. The first-order chi connectivity index (χ1) is 14.3. The molecule has 1 saturated heterocycles. The van der Waals surface area contributed by atoms with Crippen molar-refractivity contribution in [2.75, 3.05) is 25.0 Å². The summed E-state index contributed by atoms with van der Waals surface area (Å²) < 4.78 is 71.9. The zero-order chi connectivity index (χ0) is 21.7. The lowest BCUT2D eigenvalue weighted by Gasteiger charge is -2.20. The predicted octanol–water partition coefficient (Wildman–Crippen LogP) is 3.69. The number of anilines is 1. The van der Waals surface area contributed by atoms with E-state index in [1.165, 1.54) is 28.6 Å². The fourth-order valence-corrected chi connectivity index (χ4v) is 4.61. The molecular weight excluding hydrogens is 421 g/mol. The van der Waals surface area contributed by atoms with Crippen molar-refractivity contribution in [2.24, 2.45) is 0 Å². The average Bonchev–Trinajstić information content (AvgIpc) is 3.03. The predicted molar refractivity (Wildman–Crippen MR) is 104 cm³/mol. The molecule has 1 aliphatic rings. The van der Waals surface area contributed by atoms with Gasteiger partial charge in [0.05, 0.1) is 10.6 Å². The summed E-state index contributed by atoms with van der Waals surface area (Å²) in [4.78, 5) is 12.0. The van der Waals surface area contributed by atoms with E-state index in [1.807, 2.05) is 0 Å². The van der Waals surface area contributed by atoms with Gasteiger partial charge < -0.3 is 10.1 Å². The van der Waals surface area contributed by atoms with Gasteiger partial charge in [0.25, 0.3) is 5.91 Å². The molecule has 10 heteroatoms. The van der Waals surface area contributed by atoms with Crippen LogP contribution in [0, 0.1) is 17.5 Å². The van der Waals surface area contributed by atoms with E-state index in [9.17, 15) is 26.4 Å². The highest BCUT2D eigenvalue weighted by Gasteiger charge is 2.25. The number of benzene rings is 2. The number of sulfonamides is 1. The largest absolute Gasteiger partial charge is 0.484 e. The molecule has 0 radical (unpaired) electrons. The number of amides is 1. The smallest absolute Gasteiger partial charge is 0.262 e. The van der Waals surface area contributed by atoms with Crippen LogP contribution in [0.15, 0.2) is 41.3 Å². The van der Waals surface area contributed by atoms with Crippen LogP contribution in [0.5, 0.6) is 5.75 Å². The first-order valence-corrected chi connectivity index (χ1v) is 10.9. The molecule has 0 spiro atoms. The summed E-state index contributed by atoms with van der Waals surface area (Å²) in [6.45, 7) is 0.444. The monoisotopic (exact) mass is 442 g/mol. The van der Waals surface area contributed by atoms with Crippen molar-refractivity contribution in [3.63, 3.8) is 0 Å². The van der Waals surface area contributed by atoms with Gasteiger partial charge >= 0.3 is 0 Å². The summed E-state index contributed by atoms with van der Waals surface area (Å²) in [5, 5.41) is 2.08. The molecule has 162 valence electrons. The molecule has 6 nitrogen and oxygen atoms in total. The van der Waals surface area contributed by atoms with Gasteiger partial charge in [-0.2, -0.15) is 4.31 Å². The van der Waals surface area contributed by atoms with Crippen molar-refractivity contribution < 1.29 is 31.1 Å². The SMILES string of the molecule is O=C(COc1ccc(S(=O)(=O)N2CCCCCC2)cc1)Nc1ccc(F)c(F)c1F. The number of hydrogen-bond donors (Lipinski definition) is 1. The minimum atomic E-state index is -3.60. The van der Waals surface area contributed by atoms with Crippen LogP contribution >= 0.6 is 0 Å². The van der Waals surface area contributed by atoms with Gasteiger partial charge in [-0.3, -0.25) is 4.79 Å².